The van der Waals surface area contributed by atoms with Crippen molar-refractivity contribution in [2.45, 2.75) is 206 Å². The Labute approximate surface area is 451 Å². The van der Waals surface area contributed by atoms with Gasteiger partial charge in [-0.3, -0.25) is 24.0 Å². The lowest BCUT2D eigenvalue weighted by atomic mass is 9.77. The van der Waals surface area contributed by atoms with E-state index in [1.54, 1.807) is 37.8 Å². The van der Waals surface area contributed by atoms with Crippen molar-refractivity contribution < 1.29 is 62.6 Å². The molecule has 6 rings (SSSR count). The highest BCUT2D eigenvalue weighted by Gasteiger charge is 2.54. The first-order chi connectivity index (χ1) is 35.8. The minimum atomic E-state index is -1.71. The molecule has 76 heavy (non-hydrogen) atoms. The van der Waals surface area contributed by atoms with Gasteiger partial charge in [0.15, 0.2) is 18.7 Å². The number of ether oxygens (including phenoxy) is 6. The van der Waals surface area contributed by atoms with Gasteiger partial charge in [0.1, 0.15) is 18.1 Å². The predicted octanol–water partition coefficient (Wildman–Crippen LogP) is 3.39. The number of benzene rings is 1. The molecule has 0 aromatic heterocycles. The maximum atomic E-state index is 15.0. The molecule has 1 unspecified atom stereocenters. The maximum Gasteiger partial charge on any atom is 0.288 e. The number of aliphatic imine (C=N–C) groups is 1. The van der Waals surface area contributed by atoms with Gasteiger partial charge in [-0.2, -0.15) is 0 Å². The molecule has 0 saturated carbocycles. The molecule has 5 aliphatic rings. The summed E-state index contributed by atoms with van der Waals surface area (Å²) < 4.78 is 39.9. The number of amides is 5. The van der Waals surface area contributed by atoms with Crippen molar-refractivity contribution in [2.75, 3.05) is 47.4 Å². The van der Waals surface area contributed by atoms with E-state index in [1.807, 2.05) is 105 Å². The number of carbonyl (C=O) groups is 5. The molecule has 5 aliphatic heterocycles. The molecule has 0 spiro atoms. The fourth-order valence-electron chi connectivity index (χ4n) is 12.3. The second kappa shape index (κ2) is 26.0. The van der Waals surface area contributed by atoms with Crippen molar-refractivity contribution in [3.05, 3.63) is 35.9 Å². The third-order valence-electron chi connectivity index (χ3n) is 16.7. The Hall–Kier alpha value is -4.44. The third kappa shape index (κ3) is 14.2. The van der Waals surface area contributed by atoms with Crippen LogP contribution in [0.3, 0.4) is 0 Å². The lowest BCUT2D eigenvalue weighted by Crippen LogP contribution is -2.60. The van der Waals surface area contributed by atoms with E-state index in [0.717, 1.165) is 5.56 Å². The lowest BCUT2D eigenvalue weighted by Gasteiger charge is -2.49. The normalized spacial score (nSPS) is 38.9. The fraction of sp³-hybridized carbons (Fsp3) is 0.786. The van der Waals surface area contributed by atoms with Crippen LogP contribution in [-0.2, 0) is 58.8 Å². The van der Waals surface area contributed by atoms with E-state index in [2.05, 4.69) is 16.0 Å². The number of hydrogen-bond donors (Lipinski definition) is 5. The number of rotatable bonds is 11. The zero-order valence-corrected chi connectivity index (χ0v) is 47.7. The first-order valence-corrected chi connectivity index (χ1v) is 27.8. The van der Waals surface area contributed by atoms with E-state index in [-0.39, 0.29) is 62.4 Å². The van der Waals surface area contributed by atoms with Crippen LogP contribution in [0.1, 0.15) is 120 Å². The van der Waals surface area contributed by atoms with Crippen LogP contribution in [0.5, 0.6) is 0 Å². The first-order valence-electron chi connectivity index (χ1n) is 27.8. The molecule has 0 aliphatic carbocycles. The summed E-state index contributed by atoms with van der Waals surface area (Å²) in [7, 11) is 5.19. The Morgan fingerprint density at radius 1 is 0.921 bits per heavy atom. The smallest absolute Gasteiger partial charge is 0.288 e. The van der Waals surface area contributed by atoms with Crippen molar-refractivity contribution in [3.63, 3.8) is 0 Å². The fourth-order valence-corrected chi connectivity index (χ4v) is 12.3. The zero-order chi connectivity index (χ0) is 56.0. The lowest BCUT2D eigenvalue weighted by molar-refractivity contribution is -0.309. The van der Waals surface area contributed by atoms with Gasteiger partial charge >= 0.3 is 0 Å². The number of nitrogens with one attached hydrogen (secondary N) is 3. The second-order valence-corrected chi connectivity index (χ2v) is 23.4. The minimum Gasteiger partial charge on any atom is -0.454 e. The van der Waals surface area contributed by atoms with Crippen LogP contribution in [0.15, 0.2) is 35.3 Å². The number of fused-ring (bicyclic) bond motifs is 2. The standard InChI is InChI=1S/C56H91N7O13/c1-15-33(5)45-50(67)57-28-43(65)59-40(25-38-20-17-16-18-21-38)51(68)63-23-19-22-41(63)52(69)61(12)29-32(4)26-55(10,70)48(76-53-47-42(24-34(6)72-53)62(13)54(75-47)58-31(2)3)35(7)46(36(8)49(66)60-45)74-44-27-56(11,71-14)39(30-64)37(9)73-44/h16-18,20-21,31-37,39-42,44-48,53,64,70H,15,19,22-30H2,1-14H3,(H,57,67)(H,59,65)(H,60,66)/t32-,33+,34-,35+,36-,37+,39+,40+,41+,42+,44+,45?,46+,47-,48-,53+,55-,56-/m1/s1. The highest BCUT2D eigenvalue weighted by molar-refractivity contribution is 5.95. The van der Waals surface area contributed by atoms with Crippen molar-refractivity contribution in [1.29, 1.82) is 0 Å². The molecule has 5 N–H and O–H groups in total. The van der Waals surface area contributed by atoms with Gasteiger partial charge in [-0.25, -0.2) is 4.99 Å². The molecular formula is C56H91N7O13. The average Bonchev–Trinajstić information content (AvgIpc) is 3.98. The van der Waals surface area contributed by atoms with Crippen LogP contribution in [0.2, 0.25) is 0 Å². The van der Waals surface area contributed by atoms with E-state index in [0.29, 0.717) is 38.2 Å². The van der Waals surface area contributed by atoms with Crippen molar-refractivity contribution in [2.24, 2.45) is 34.6 Å². The van der Waals surface area contributed by atoms with Gasteiger partial charge in [0.05, 0.1) is 60.7 Å². The van der Waals surface area contributed by atoms with Gasteiger partial charge in [-0.15, -0.1) is 0 Å². The highest BCUT2D eigenvalue weighted by Crippen LogP contribution is 2.42. The van der Waals surface area contributed by atoms with E-state index in [9.17, 15) is 29.4 Å². The maximum absolute atomic E-state index is 15.0. The Morgan fingerprint density at radius 3 is 2.26 bits per heavy atom. The molecule has 1 aromatic carbocycles. The van der Waals surface area contributed by atoms with Crippen LogP contribution in [-0.4, -0.2) is 192 Å². The van der Waals surface area contributed by atoms with Gasteiger partial charge in [-0.1, -0.05) is 71.4 Å². The van der Waals surface area contributed by atoms with Gasteiger partial charge in [0.25, 0.3) is 6.02 Å². The Morgan fingerprint density at radius 2 is 1.62 bits per heavy atom. The average molecular weight is 1070 g/mol. The van der Waals surface area contributed by atoms with Gasteiger partial charge in [0, 0.05) is 65.0 Å². The van der Waals surface area contributed by atoms with Crippen LogP contribution < -0.4 is 16.0 Å². The Bertz CT molecular complexity index is 2170. The first kappa shape index (κ1) is 60.8. The van der Waals surface area contributed by atoms with E-state index >= 15 is 4.79 Å². The van der Waals surface area contributed by atoms with Crippen LogP contribution >= 0.6 is 0 Å². The summed E-state index contributed by atoms with van der Waals surface area (Å²) in [6.07, 6.45) is -3.18. The quantitative estimate of drug-likeness (QED) is 0.214. The van der Waals surface area contributed by atoms with Crippen molar-refractivity contribution >= 4 is 35.6 Å². The molecule has 1 aromatic rings. The summed E-state index contributed by atoms with van der Waals surface area (Å²) in [5.41, 5.74) is -1.81. The third-order valence-corrected chi connectivity index (χ3v) is 16.7. The van der Waals surface area contributed by atoms with Crippen molar-refractivity contribution in [1.82, 2.24) is 30.7 Å². The number of methoxy groups -OCH3 is 1. The summed E-state index contributed by atoms with van der Waals surface area (Å²) >= 11 is 0. The number of aliphatic hydroxyl groups is 2. The summed E-state index contributed by atoms with van der Waals surface area (Å²) in [6, 6.07) is 6.52. The number of hydrogen-bond acceptors (Lipinski definition) is 14. The molecule has 0 radical (unpaired) electrons. The summed E-state index contributed by atoms with van der Waals surface area (Å²) in [5.74, 6) is -5.50. The topological polar surface area (TPSA) is 239 Å². The molecule has 0 bridgehead atoms. The van der Waals surface area contributed by atoms with Gasteiger partial charge in [0.2, 0.25) is 29.5 Å². The SMILES string of the molecule is CC[C@H](C)C1NC(=O)[C@H](C)[C@@H](O[C@H]2C[C@@](C)(OC)[C@@H](CO)[C@H](C)O2)[C@H](C)[C@@H](O[C@@H]2O[C@H](C)C[C@H]3[C@H]2OC(=NC(C)C)N3C)[C@](C)(O)C[C@@H](C)CN(C)C(=O)[C@@H]2CCCN2C(=O)[C@H](Cc2ccccc2)NC(=O)CNC1=O. The Kier molecular flexibility index (Phi) is 20.8. The van der Waals surface area contributed by atoms with Gasteiger partial charge in [-0.05, 0) is 84.6 Å². The predicted molar refractivity (Wildman–Crippen MR) is 284 cm³/mol. The van der Waals surface area contributed by atoms with Crippen LogP contribution in [0.25, 0.3) is 0 Å². The number of carbonyl (C=O) groups excluding carboxylic acids is 5. The monoisotopic (exact) mass is 1070 g/mol. The molecule has 20 heteroatoms. The van der Waals surface area contributed by atoms with Crippen LogP contribution in [0, 0.1) is 29.6 Å². The summed E-state index contributed by atoms with van der Waals surface area (Å²) in [5, 5.41) is 32.3. The highest BCUT2D eigenvalue weighted by atomic mass is 16.7. The molecule has 18 atom stereocenters. The number of likely N-dealkylation sites (N-methyl/N-ethyl adjacent to an activating group) is 2. The molecule has 5 saturated heterocycles. The van der Waals surface area contributed by atoms with Crippen LogP contribution in [0.4, 0.5) is 0 Å². The molecular weight excluding hydrogens is 979 g/mol. The van der Waals surface area contributed by atoms with Crippen molar-refractivity contribution in [3.8, 4) is 0 Å². The summed E-state index contributed by atoms with van der Waals surface area (Å²) in [6.45, 7) is 20.3. The molecule has 428 valence electrons. The second-order valence-electron chi connectivity index (χ2n) is 23.4. The minimum absolute atomic E-state index is 0.0609. The van der Waals surface area contributed by atoms with E-state index < -0.39 is 120 Å². The largest absolute Gasteiger partial charge is 0.454 e. The molecule has 5 heterocycles. The molecule has 5 amide bonds. The van der Waals surface area contributed by atoms with E-state index in [1.165, 1.54) is 0 Å². The van der Waals surface area contributed by atoms with E-state index in [4.69, 9.17) is 33.4 Å². The molecule has 20 nitrogen and oxygen atoms in total. The Balaban J connectivity index is 1.43. The number of aliphatic hydroxyl groups excluding tert-OH is 1. The summed E-state index contributed by atoms with van der Waals surface area (Å²) in [4.78, 5) is 82.2. The zero-order valence-electron chi connectivity index (χ0n) is 47.7. The molecule has 5 fully saturated rings. The number of nitrogens with zero attached hydrogens (tertiary/aromatic N) is 4. The van der Waals surface area contributed by atoms with Gasteiger partial charge < -0.3 is 69.3 Å². The number of amidine groups is 1.